The van der Waals surface area contributed by atoms with Crippen LogP contribution in [-0.4, -0.2) is 25.6 Å². The summed E-state index contributed by atoms with van der Waals surface area (Å²) in [4.78, 5) is 11.9. The Bertz CT molecular complexity index is 760. The number of hydrogen-bond donors (Lipinski definition) is 2. The third-order valence-electron chi connectivity index (χ3n) is 4.91. The van der Waals surface area contributed by atoms with Crippen LogP contribution in [-0.2, 0) is 24.1 Å². The molecule has 0 unspecified atom stereocenters. The van der Waals surface area contributed by atoms with Gasteiger partial charge in [0.2, 0.25) is 5.91 Å². The zero-order chi connectivity index (χ0) is 20.5. The van der Waals surface area contributed by atoms with Crippen molar-refractivity contribution in [2.45, 2.75) is 45.6 Å². The van der Waals surface area contributed by atoms with Crippen LogP contribution < -0.4 is 15.8 Å². The van der Waals surface area contributed by atoms with E-state index in [1.165, 1.54) is 11.1 Å². The smallest absolute Gasteiger partial charge is 0.237 e. The molecule has 0 radical (unpaired) electrons. The van der Waals surface area contributed by atoms with E-state index in [4.69, 9.17) is 22.1 Å². The fourth-order valence-electron chi connectivity index (χ4n) is 3.04. The molecule has 152 valence electrons. The number of hydrogen-bond acceptors (Lipinski definition) is 3. The predicted octanol–water partition coefficient (Wildman–Crippen LogP) is 4.17. The molecule has 0 saturated heterocycles. The van der Waals surface area contributed by atoms with E-state index in [0.717, 1.165) is 42.0 Å². The van der Waals surface area contributed by atoms with E-state index >= 15 is 0 Å². The summed E-state index contributed by atoms with van der Waals surface area (Å²) < 4.78 is 5.58. The Morgan fingerprint density at radius 3 is 2.39 bits per heavy atom. The van der Waals surface area contributed by atoms with Crippen LogP contribution in [0.3, 0.4) is 0 Å². The standard InChI is InChI=1S/C23H31ClN2O2/c1-16(2)22(25)23(27)26-14-13-18-7-10-19(21(15-18)28-3)6-4-5-17-8-11-20(24)12-9-17/h7-12,15-16,22H,4-6,13-14,25H2,1-3H3,(H,26,27)/t22-/m0/s1. The Balaban J connectivity index is 1.85. The number of amides is 1. The van der Waals surface area contributed by atoms with Gasteiger partial charge in [0.15, 0.2) is 0 Å². The molecule has 0 aliphatic rings. The molecule has 2 aromatic rings. The maximum Gasteiger partial charge on any atom is 0.237 e. The minimum Gasteiger partial charge on any atom is -0.496 e. The van der Waals surface area contributed by atoms with E-state index in [1.807, 2.05) is 26.0 Å². The topological polar surface area (TPSA) is 64.3 Å². The highest BCUT2D eigenvalue weighted by Crippen LogP contribution is 2.23. The molecular formula is C23H31ClN2O2. The lowest BCUT2D eigenvalue weighted by atomic mass is 10.0. The molecular weight excluding hydrogens is 372 g/mol. The van der Waals surface area contributed by atoms with Crippen molar-refractivity contribution in [1.29, 1.82) is 0 Å². The summed E-state index contributed by atoms with van der Waals surface area (Å²) in [6.45, 7) is 4.46. The van der Waals surface area contributed by atoms with Crippen molar-refractivity contribution < 1.29 is 9.53 Å². The number of carbonyl (C=O) groups is 1. The second-order valence-electron chi connectivity index (χ2n) is 7.44. The second-order valence-corrected chi connectivity index (χ2v) is 7.87. The van der Waals surface area contributed by atoms with Crippen LogP contribution in [0.15, 0.2) is 42.5 Å². The van der Waals surface area contributed by atoms with Crippen molar-refractivity contribution in [3.63, 3.8) is 0 Å². The number of nitrogens with one attached hydrogen (secondary N) is 1. The van der Waals surface area contributed by atoms with Gasteiger partial charge in [0.05, 0.1) is 13.2 Å². The van der Waals surface area contributed by atoms with Crippen molar-refractivity contribution in [2.24, 2.45) is 11.7 Å². The van der Waals surface area contributed by atoms with Crippen LogP contribution in [0.4, 0.5) is 0 Å². The molecule has 0 heterocycles. The van der Waals surface area contributed by atoms with Crippen molar-refractivity contribution in [3.05, 3.63) is 64.2 Å². The Kier molecular flexibility index (Phi) is 8.81. The molecule has 0 aromatic heterocycles. The monoisotopic (exact) mass is 402 g/mol. The Hall–Kier alpha value is -2.04. The first-order valence-corrected chi connectivity index (χ1v) is 10.2. The normalized spacial score (nSPS) is 12.1. The molecule has 2 rings (SSSR count). The summed E-state index contributed by atoms with van der Waals surface area (Å²) in [6, 6.07) is 13.8. The van der Waals surface area contributed by atoms with Crippen molar-refractivity contribution in [1.82, 2.24) is 5.32 Å². The molecule has 0 fully saturated rings. The number of ether oxygens (including phenoxy) is 1. The highest BCUT2D eigenvalue weighted by molar-refractivity contribution is 6.30. The lowest BCUT2D eigenvalue weighted by molar-refractivity contribution is -0.123. The molecule has 0 saturated carbocycles. The first-order chi connectivity index (χ1) is 13.4. The average molecular weight is 403 g/mol. The molecule has 4 nitrogen and oxygen atoms in total. The second kappa shape index (κ2) is 11.1. The van der Waals surface area contributed by atoms with Crippen LogP contribution in [0.2, 0.25) is 5.02 Å². The third kappa shape index (κ3) is 6.84. The molecule has 2 aromatic carbocycles. The number of aryl methyl sites for hydroxylation is 2. The zero-order valence-electron chi connectivity index (χ0n) is 17.0. The van der Waals surface area contributed by atoms with Crippen LogP contribution in [0.5, 0.6) is 5.75 Å². The SMILES string of the molecule is COc1cc(CCNC(=O)[C@@H](N)C(C)C)ccc1CCCc1ccc(Cl)cc1. The molecule has 0 aliphatic heterocycles. The van der Waals surface area contributed by atoms with E-state index in [1.54, 1.807) is 7.11 Å². The number of halogens is 1. The van der Waals surface area contributed by atoms with E-state index in [-0.39, 0.29) is 11.8 Å². The minimum atomic E-state index is -0.461. The molecule has 0 aliphatic carbocycles. The number of rotatable bonds is 10. The highest BCUT2D eigenvalue weighted by atomic mass is 35.5. The summed E-state index contributed by atoms with van der Waals surface area (Å²) in [5.74, 6) is 0.937. The highest BCUT2D eigenvalue weighted by Gasteiger charge is 2.16. The lowest BCUT2D eigenvalue weighted by Gasteiger charge is -2.15. The summed E-state index contributed by atoms with van der Waals surface area (Å²) in [7, 11) is 1.70. The number of carbonyl (C=O) groups excluding carboxylic acids is 1. The van der Waals surface area contributed by atoms with Gasteiger partial charge in [0.25, 0.3) is 0 Å². The number of nitrogens with two attached hydrogens (primary N) is 1. The maximum atomic E-state index is 11.9. The van der Waals surface area contributed by atoms with E-state index in [2.05, 4.69) is 35.6 Å². The molecule has 3 N–H and O–H groups in total. The van der Waals surface area contributed by atoms with Crippen molar-refractivity contribution in [2.75, 3.05) is 13.7 Å². The minimum absolute atomic E-state index is 0.0965. The first-order valence-electron chi connectivity index (χ1n) is 9.84. The first kappa shape index (κ1) is 22.3. The summed E-state index contributed by atoms with van der Waals surface area (Å²) >= 11 is 5.93. The number of methoxy groups -OCH3 is 1. The molecule has 0 spiro atoms. The summed E-state index contributed by atoms with van der Waals surface area (Å²) in [5, 5.41) is 3.67. The average Bonchev–Trinajstić information content (AvgIpc) is 2.69. The number of benzene rings is 2. The van der Waals surface area contributed by atoms with Gasteiger partial charge in [-0.15, -0.1) is 0 Å². The quantitative estimate of drug-likeness (QED) is 0.627. The van der Waals surface area contributed by atoms with E-state index in [0.29, 0.717) is 6.54 Å². The largest absolute Gasteiger partial charge is 0.496 e. The maximum absolute atomic E-state index is 11.9. The molecule has 28 heavy (non-hydrogen) atoms. The van der Waals surface area contributed by atoms with Gasteiger partial charge in [-0.25, -0.2) is 0 Å². The third-order valence-corrected chi connectivity index (χ3v) is 5.16. The molecule has 5 heteroatoms. The van der Waals surface area contributed by atoms with Crippen LogP contribution in [0.1, 0.15) is 37.0 Å². The lowest BCUT2D eigenvalue weighted by Crippen LogP contribution is -2.44. The van der Waals surface area contributed by atoms with Crippen LogP contribution >= 0.6 is 11.6 Å². The van der Waals surface area contributed by atoms with Gasteiger partial charge in [-0.3, -0.25) is 4.79 Å². The summed E-state index contributed by atoms with van der Waals surface area (Å²) in [6.07, 6.45) is 3.74. The van der Waals surface area contributed by atoms with E-state index in [9.17, 15) is 4.79 Å². The Morgan fingerprint density at radius 1 is 1.07 bits per heavy atom. The zero-order valence-corrected chi connectivity index (χ0v) is 17.8. The van der Waals surface area contributed by atoms with Gasteiger partial charge in [-0.05, 0) is 66.5 Å². The summed E-state index contributed by atoms with van der Waals surface area (Å²) in [5.41, 5.74) is 9.49. The van der Waals surface area contributed by atoms with Gasteiger partial charge in [-0.2, -0.15) is 0 Å². The molecule has 1 atom stereocenters. The fourth-order valence-corrected chi connectivity index (χ4v) is 3.16. The van der Waals surface area contributed by atoms with Crippen LogP contribution in [0.25, 0.3) is 0 Å². The fraction of sp³-hybridized carbons (Fsp3) is 0.435. The molecule has 1 amide bonds. The predicted molar refractivity (Wildman–Crippen MR) is 116 cm³/mol. The molecule has 0 bridgehead atoms. The van der Waals surface area contributed by atoms with Gasteiger partial charge in [0, 0.05) is 11.6 Å². The Morgan fingerprint density at radius 2 is 1.75 bits per heavy atom. The van der Waals surface area contributed by atoms with Gasteiger partial charge in [-0.1, -0.05) is 49.7 Å². The van der Waals surface area contributed by atoms with Crippen molar-refractivity contribution >= 4 is 17.5 Å². The van der Waals surface area contributed by atoms with Gasteiger partial charge >= 0.3 is 0 Å². The van der Waals surface area contributed by atoms with Gasteiger partial charge < -0.3 is 15.8 Å². The van der Waals surface area contributed by atoms with Crippen LogP contribution in [0, 0.1) is 5.92 Å². The van der Waals surface area contributed by atoms with Gasteiger partial charge in [0.1, 0.15) is 5.75 Å². The van der Waals surface area contributed by atoms with E-state index < -0.39 is 6.04 Å². The van der Waals surface area contributed by atoms with Crippen molar-refractivity contribution in [3.8, 4) is 5.75 Å². The Labute approximate surface area is 173 Å².